The van der Waals surface area contributed by atoms with Crippen LogP contribution in [0.3, 0.4) is 0 Å². The molecule has 9 heteroatoms. The molecule has 2 atom stereocenters. The van der Waals surface area contributed by atoms with E-state index in [4.69, 9.17) is 0 Å². The Morgan fingerprint density at radius 1 is 1.25 bits per heavy atom. The molecule has 0 saturated carbocycles. The lowest BCUT2D eigenvalue weighted by Crippen LogP contribution is -2.34. The van der Waals surface area contributed by atoms with Gasteiger partial charge in [-0.1, -0.05) is 0 Å². The van der Waals surface area contributed by atoms with E-state index in [1.165, 1.54) is 6.20 Å². The Balaban J connectivity index is 1.84. The van der Waals surface area contributed by atoms with Gasteiger partial charge in [-0.05, 0) is 13.8 Å². The van der Waals surface area contributed by atoms with E-state index in [0.717, 1.165) is 5.69 Å². The van der Waals surface area contributed by atoms with Crippen LogP contribution < -0.4 is 5.32 Å². The molecular formula is C15H19N7O2. The van der Waals surface area contributed by atoms with Crippen LogP contribution in [0.1, 0.15) is 33.7 Å². The van der Waals surface area contributed by atoms with Crippen molar-refractivity contribution in [2.24, 2.45) is 5.92 Å². The van der Waals surface area contributed by atoms with Gasteiger partial charge >= 0.3 is 0 Å². The van der Waals surface area contributed by atoms with E-state index in [0.29, 0.717) is 24.7 Å². The molecule has 2 aromatic rings. The summed E-state index contributed by atoms with van der Waals surface area (Å²) in [7, 11) is 1.58. The van der Waals surface area contributed by atoms with Crippen LogP contribution in [0.5, 0.6) is 0 Å². The van der Waals surface area contributed by atoms with Crippen molar-refractivity contribution in [1.82, 2.24) is 35.4 Å². The van der Waals surface area contributed by atoms with Gasteiger partial charge in [0.15, 0.2) is 5.82 Å². The summed E-state index contributed by atoms with van der Waals surface area (Å²) in [5.41, 5.74) is 1.01. The van der Waals surface area contributed by atoms with Crippen LogP contribution in [0.2, 0.25) is 0 Å². The molecule has 1 aliphatic heterocycles. The van der Waals surface area contributed by atoms with Gasteiger partial charge in [0.05, 0.1) is 23.7 Å². The summed E-state index contributed by atoms with van der Waals surface area (Å²) in [6.45, 7) is 4.27. The third-order valence-corrected chi connectivity index (χ3v) is 4.14. The van der Waals surface area contributed by atoms with Crippen molar-refractivity contribution < 1.29 is 9.59 Å². The van der Waals surface area contributed by atoms with E-state index in [1.54, 1.807) is 32.0 Å². The number of carbonyl (C=O) groups is 2. The fraction of sp³-hybridized carbons (Fsp3) is 0.467. The predicted octanol–water partition coefficient (Wildman–Crippen LogP) is -0.187. The number of H-pyrrole nitrogens is 1. The van der Waals surface area contributed by atoms with Gasteiger partial charge in [-0.2, -0.15) is 5.10 Å². The summed E-state index contributed by atoms with van der Waals surface area (Å²) in [5, 5.41) is 9.60. The zero-order chi connectivity index (χ0) is 17.3. The molecule has 0 aliphatic carbocycles. The molecule has 9 nitrogen and oxygen atoms in total. The predicted molar refractivity (Wildman–Crippen MR) is 84.1 cm³/mol. The lowest BCUT2D eigenvalue weighted by molar-refractivity contribution is -0.124. The third-order valence-electron chi connectivity index (χ3n) is 4.14. The quantitative estimate of drug-likeness (QED) is 0.806. The molecule has 1 aliphatic rings. The van der Waals surface area contributed by atoms with Crippen molar-refractivity contribution in [3.8, 4) is 0 Å². The average molecular weight is 329 g/mol. The zero-order valence-electron chi connectivity index (χ0n) is 13.8. The number of amides is 2. The normalized spacial score (nSPS) is 20.2. The topological polar surface area (TPSA) is 117 Å². The minimum absolute atomic E-state index is 0.132. The Morgan fingerprint density at radius 3 is 2.62 bits per heavy atom. The minimum Gasteiger partial charge on any atom is -0.359 e. The molecule has 2 amide bonds. The van der Waals surface area contributed by atoms with Gasteiger partial charge < -0.3 is 10.2 Å². The molecule has 126 valence electrons. The highest BCUT2D eigenvalue weighted by Gasteiger charge is 2.42. The standard InChI is InChI=1S/C15H19N7O2/c1-8-4-18-12(5-17-8)15(24)22-6-10(11(7-22)14(23)16-3)13-19-9(2)20-21-13/h4-5,10-11H,6-7H2,1-3H3,(H,16,23)(H,19,20,21)/t10-,11-/m1/s1. The van der Waals surface area contributed by atoms with Gasteiger partial charge in [-0.15, -0.1) is 0 Å². The highest BCUT2D eigenvalue weighted by molar-refractivity contribution is 5.93. The number of aromatic amines is 1. The van der Waals surface area contributed by atoms with Crippen LogP contribution in [-0.4, -0.2) is 62.0 Å². The molecule has 0 spiro atoms. The number of nitrogens with one attached hydrogen (secondary N) is 2. The second-order valence-electron chi connectivity index (χ2n) is 5.86. The second kappa shape index (κ2) is 6.34. The minimum atomic E-state index is -0.396. The van der Waals surface area contributed by atoms with Crippen LogP contribution in [0.25, 0.3) is 0 Å². The molecule has 2 N–H and O–H groups in total. The number of likely N-dealkylation sites (tertiary alicyclic amines) is 1. The Hall–Kier alpha value is -2.84. The summed E-state index contributed by atoms with van der Waals surface area (Å²) in [6.07, 6.45) is 3.01. The van der Waals surface area contributed by atoms with Crippen molar-refractivity contribution in [3.63, 3.8) is 0 Å². The number of aryl methyl sites for hydroxylation is 2. The van der Waals surface area contributed by atoms with Gasteiger partial charge in [0.1, 0.15) is 11.5 Å². The Labute approximate surface area is 138 Å². The maximum Gasteiger partial charge on any atom is 0.274 e. The number of carbonyl (C=O) groups excluding carboxylic acids is 2. The van der Waals surface area contributed by atoms with Crippen molar-refractivity contribution in [3.05, 3.63) is 35.4 Å². The van der Waals surface area contributed by atoms with Gasteiger partial charge in [0.25, 0.3) is 5.91 Å². The van der Waals surface area contributed by atoms with Gasteiger partial charge in [0.2, 0.25) is 5.91 Å². The van der Waals surface area contributed by atoms with Crippen molar-refractivity contribution in [2.75, 3.05) is 20.1 Å². The van der Waals surface area contributed by atoms with E-state index in [1.807, 2.05) is 0 Å². The SMILES string of the molecule is CNC(=O)[C@@H]1CN(C(=O)c2cnc(C)cn2)C[C@H]1c1n[nH]c(C)n1. The van der Waals surface area contributed by atoms with Gasteiger partial charge in [-0.3, -0.25) is 19.7 Å². The number of hydrogen-bond donors (Lipinski definition) is 2. The third kappa shape index (κ3) is 2.97. The Bertz CT molecular complexity index is 755. The zero-order valence-corrected chi connectivity index (χ0v) is 13.8. The highest BCUT2D eigenvalue weighted by Crippen LogP contribution is 2.31. The molecule has 0 radical (unpaired) electrons. The van der Waals surface area contributed by atoms with E-state index >= 15 is 0 Å². The van der Waals surface area contributed by atoms with Gasteiger partial charge in [0, 0.05) is 26.3 Å². The number of hydrogen-bond acceptors (Lipinski definition) is 6. The molecule has 0 aromatic carbocycles. The number of rotatable bonds is 3. The van der Waals surface area contributed by atoms with Crippen LogP contribution in [0.15, 0.2) is 12.4 Å². The number of nitrogens with zero attached hydrogens (tertiary/aromatic N) is 5. The molecule has 3 heterocycles. The van der Waals surface area contributed by atoms with Crippen molar-refractivity contribution in [1.29, 1.82) is 0 Å². The number of aromatic nitrogens is 5. The summed E-state index contributed by atoms with van der Waals surface area (Å²) in [6, 6.07) is 0. The maximum atomic E-state index is 12.6. The molecule has 0 unspecified atom stereocenters. The van der Waals surface area contributed by atoms with Crippen LogP contribution in [-0.2, 0) is 4.79 Å². The van der Waals surface area contributed by atoms with E-state index in [-0.39, 0.29) is 23.4 Å². The van der Waals surface area contributed by atoms with Crippen LogP contribution >= 0.6 is 0 Å². The summed E-state index contributed by atoms with van der Waals surface area (Å²) >= 11 is 0. The lowest BCUT2D eigenvalue weighted by Gasteiger charge is -2.15. The van der Waals surface area contributed by atoms with Gasteiger partial charge in [-0.25, -0.2) is 9.97 Å². The van der Waals surface area contributed by atoms with E-state index in [9.17, 15) is 9.59 Å². The summed E-state index contributed by atoms with van der Waals surface area (Å²) < 4.78 is 0. The molecule has 1 fully saturated rings. The second-order valence-corrected chi connectivity index (χ2v) is 5.86. The smallest absolute Gasteiger partial charge is 0.274 e. The summed E-state index contributed by atoms with van der Waals surface area (Å²) in [4.78, 5) is 39.0. The average Bonchev–Trinajstić information content (AvgIpc) is 3.20. The lowest BCUT2D eigenvalue weighted by atomic mass is 9.94. The fourth-order valence-corrected chi connectivity index (χ4v) is 2.87. The van der Waals surface area contributed by atoms with Crippen LogP contribution in [0.4, 0.5) is 0 Å². The molecule has 24 heavy (non-hydrogen) atoms. The molecular weight excluding hydrogens is 310 g/mol. The Morgan fingerprint density at radius 2 is 2.04 bits per heavy atom. The summed E-state index contributed by atoms with van der Waals surface area (Å²) in [5.74, 6) is 0.199. The monoisotopic (exact) mass is 329 g/mol. The Kier molecular flexibility index (Phi) is 4.24. The largest absolute Gasteiger partial charge is 0.359 e. The van der Waals surface area contributed by atoms with E-state index in [2.05, 4.69) is 30.5 Å². The molecule has 0 bridgehead atoms. The first-order chi connectivity index (χ1) is 11.5. The first-order valence-corrected chi connectivity index (χ1v) is 7.68. The van der Waals surface area contributed by atoms with Crippen molar-refractivity contribution >= 4 is 11.8 Å². The van der Waals surface area contributed by atoms with Crippen molar-refractivity contribution in [2.45, 2.75) is 19.8 Å². The molecule has 2 aromatic heterocycles. The van der Waals surface area contributed by atoms with Crippen LogP contribution in [0, 0.1) is 19.8 Å². The highest BCUT2D eigenvalue weighted by atomic mass is 16.2. The maximum absolute atomic E-state index is 12.6. The fourth-order valence-electron chi connectivity index (χ4n) is 2.87. The first-order valence-electron chi connectivity index (χ1n) is 7.68. The first kappa shape index (κ1) is 16.0. The molecule has 1 saturated heterocycles. The molecule has 3 rings (SSSR count). The van der Waals surface area contributed by atoms with E-state index < -0.39 is 5.92 Å².